The van der Waals surface area contributed by atoms with Crippen molar-refractivity contribution in [2.45, 2.75) is 20.1 Å². The maximum absolute atomic E-state index is 12.9. The van der Waals surface area contributed by atoms with Gasteiger partial charge in [-0.25, -0.2) is 4.39 Å². The molecule has 0 spiro atoms. The molecular weight excluding hydrogens is 383 g/mol. The summed E-state index contributed by atoms with van der Waals surface area (Å²) >= 11 is 0. The van der Waals surface area contributed by atoms with E-state index in [1.165, 1.54) is 23.3 Å². The van der Waals surface area contributed by atoms with Gasteiger partial charge in [-0.05, 0) is 48.9 Å². The van der Waals surface area contributed by atoms with Gasteiger partial charge >= 0.3 is 0 Å². The third-order valence-electron chi connectivity index (χ3n) is 5.22. The molecule has 1 saturated heterocycles. The highest BCUT2D eigenvalue weighted by molar-refractivity contribution is 5.91. The number of aryl methyl sites for hydroxylation is 1. The van der Waals surface area contributed by atoms with E-state index in [4.69, 9.17) is 9.15 Å². The molecule has 0 saturated carbocycles. The molecule has 0 atom stereocenters. The van der Waals surface area contributed by atoms with Crippen LogP contribution in [0.15, 0.2) is 65.1 Å². The van der Waals surface area contributed by atoms with E-state index in [0.29, 0.717) is 30.4 Å². The maximum atomic E-state index is 12.9. The van der Waals surface area contributed by atoms with Gasteiger partial charge < -0.3 is 14.1 Å². The number of amides is 1. The van der Waals surface area contributed by atoms with Crippen LogP contribution in [0, 0.1) is 12.7 Å². The number of nitrogens with zero attached hydrogens (tertiary/aromatic N) is 2. The van der Waals surface area contributed by atoms with E-state index in [0.717, 1.165) is 19.6 Å². The molecule has 156 valence electrons. The van der Waals surface area contributed by atoms with E-state index in [1.54, 1.807) is 24.3 Å². The van der Waals surface area contributed by atoms with Gasteiger partial charge in [0.25, 0.3) is 5.91 Å². The van der Waals surface area contributed by atoms with Crippen LogP contribution in [0.3, 0.4) is 0 Å². The van der Waals surface area contributed by atoms with Crippen LogP contribution in [0.4, 0.5) is 4.39 Å². The molecule has 0 aliphatic carbocycles. The number of piperazine rings is 1. The minimum atomic E-state index is -0.313. The fourth-order valence-electron chi connectivity index (χ4n) is 3.59. The lowest BCUT2D eigenvalue weighted by Crippen LogP contribution is -2.48. The van der Waals surface area contributed by atoms with Gasteiger partial charge in [0.1, 0.15) is 23.9 Å². The van der Waals surface area contributed by atoms with E-state index < -0.39 is 0 Å². The molecule has 0 N–H and O–H groups in total. The van der Waals surface area contributed by atoms with Crippen LogP contribution in [0.25, 0.3) is 0 Å². The van der Waals surface area contributed by atoms with Crippen LogP contribution < -0.4 is 4.74 Å². The molecule has 0 bridgehead atoms. The molecule has 3 aromatic rings. The fraction of sp³-hybridized carbons (Fsp3) is 0.292. The van der Waals surface area contributed by atoms with Crippen molar-refractivity contribution in [3.05, 3.63) is 89.1 Å². The van der Waals surface area contributed by atoms with Crippen LogP contribution in [0.1, 0.15) is 27.4 Å². The van der Waals surface area contributed by atoms with Crippen LogP contribution in [-0.2, 0) is 13.2 Å². The summed E-state index contributed by atoms with van der Waals surface area (Å²) in [6.45, 7) is 6.20. The van der Waals surface area contributed by atoms with E-state index in [1.807, 2.05) is 4.90 Å². The summed E-state index contributed by atoms with van der Waals surface area (Å²) in [4.78, 5) is 17.0. The molecule has 5 nitrogen and oxygen atoms in total. The second-order valence-corrected chi connectivity index (χ2v) is 7.57. The number of ether oxygens (including phenoxy) is 1. The van der Waals surface area contributed by atoms with E-state index in [-0.39, 0.29) is 18.3 Å². The number of hydrogen-bond donors (Lipinski definition) is 0. The minimum Gasteiger partial charge on any atom is -0.486 e. The number of hydrogen-bond acceptors (Lipinski definition) is 4. The Bertz CT molecular complexity index is 992. The highest BCUT2D eigenvalue weighted by atomic mass is 19.1. The highest BCUT2D eigenvalue weighted by Crippen LogP contribution is 2.17. The van der Waals surface area contributed by atoms with Gasteiger partial charge in [0.2, 0.25) is 0 Å². The van der Waals surface area contributed by atoms with E-state index in [2.05, 4.69) is 36.1 Å². The molecule has 2 aromatic carbocycles. The van der Waals surface area contributed by atoms with Crippen molar-refractivity contribution in [1.29, 1.82) is 0 Å². The van der Waals surface area contributed by atoms with Gasteiger partial charge in [0.05, 0.1) is 0 Å². The molecule has 4 rings (SSSR count). The summed E-state index contributed by atoms with van der Waals surface area (Å²) in [6.07, 6.45) is 0. The molecular formula is C24H25FN2O3. The first-order valence-electron chi connectivity index (χ1n) is 10.1. The van der Waals surface area contributed by atoms with Gasteiger partial charge in [-0.15, -0.1) is 0 Å². The molecule has 1 aliphatic rings. The molecule has 6 heteroatoms. The van der Waals surface area contributed by atoms with E-state index >= 15 is 0 Å². The average Bonchev–Trinajstić information content (AvgIpc) is 3.22. The third kappa shape index (κ3) is 5.07. The first-order chi connectivity index (χ1) is 14.6. The first-order valence-corrected chi connectivity index (χ1v) is 10.1. The number of benzene rings is 2. The Labute approximate surface area is 175 Å². The quantitative estimate of drug-likeness (QED) is 0.611. The van der Waals surface area contributed by atoms with Crippen molar-refractivity contribution in [2.75, 3.05) is 26.2 Å². The summed E-state index contributed by atoms with van der Waals surface area (Å²) in [7, 11) is 0. The Kier molecular flexibility index (Phi) is 6.14. The SMILES string of the molecule is Cc1cccc(CN2CCN(C(=O)c3ccc(COc4ccc(F)cc4)o3)CC2)c1. The van der Waals surface area contributed by atoms with Crippen molar-refractivity contribution >= 4 is 5.91 Å². The molecule has 1 aromatic heterocycles. The summed E-state index contributed by atoms with van der Waals surface area (Å²) in [5.41, 5.74) is 2.56. The lowest BCUT2D eigenvalue weighted by Gasteiger charge is -2.34. The molecule has 0 radical (unpaired) electrons. The number of rotatable bonds is 6. The average molecular weight is 408 g/mol. The lowest BCUT2D eigenvalue weighted by molar-refractivity contribution is 0.0594. The maximum Gasteiger partial charge on any atom is 0.289 e. The van der Waals surface area contributed by atoms with Crippen LogP contribution in [-0.4, -0.2) is 41.9 Å². The fourth-order valence-corrected chi connectivity index (χ4v) is 3.59. The summed E-state index contributed by atoms with van der Waals surface area (Å²) in [5, 5.41) is 0. The highest BCUT2D eigenvalue weighted by Gasteiger charge is 2.24. The Hall–Kier alpha value is -3.12. The molecule has 2 heterocycles. The van der Waals surface area contributed by atoms with Crippen LogP contribution >= 0.6 is 0 Å². The lowest BCUT2D eigenvalue weighted by atomic mass is 10.1. The molecule has 30 heavy (non-hydrogen) atoms. The van der Waals surface area contributed by atoms with Gasteiger partial charge in [0.15, 0.2) is 5.76 Å². The van der Waals surface area contributed by atoms with Crippen molar-refractivity contribution in [2.24, 2.45) is 0 Å². The number of furan rings is 1. The zero-order valence-corrected chi connectivity index (χ0v) is 17.0. The van der Waals surface area contributed by atoms with Crippen LogP contribution in [0.2, 0.25) is 0 Å². The van der Waals surface area contributed by atoms with Gasteiger partial charge in [-0.2, -0.15) is 0 Å². The number of carbonyl (C=O) groups is 1. The predicted molar refractivity (Wildman–Crippen MR) is 112 cm³/mol. The molecule has 0 unspecified atom stereocenters. The van der Waals surface area contributed by atoms with Crippen molar-refractivity contribution in [3.8, 4) is 5.75 Å². The molecule has 1 fully saturated rings. The third-order valence-corrected chi connectivity index (χ3v) is 5.22. The standard InChI is InChI=1S/C24H25FN2O3/c1-18-3-2-4-19(15-18)16-26-11-13-27(14-12-26)24(28)23-10-9-22(30-23)17-29-21-7-5-20(25)6-8-21/h2-10,15H,11-14,16-17H2,1H3. The summed E-state index contributed by atoms with van der Waals surface area (Å²) in [6, 6.07) is 17.7. The largest absolute Gasteiger partial charge is 0.486 e. The molecule has 1 amide bonds. The second kappa shape index (κ2) is 9.13. The summed E-state index contributed by atoms with van der Waals surface area (Å²) in [5.74, 6) is 1.01. The number of carbonyl (C=O) groups excluding carboxylic acids is 1. The van der Waals surface area contributed by atoms with E-state index in [9.17, 15) is 9.18 Å². The Morgan fingerprint density at radius 3 is 2.53 bits per heavy atom. The first kappa shape index (κ1) is 20.2. The van der Waals surface area contributed by atoms with Gasteiger partial charge in [-0.1, -0.05) is 29.8 Å². The monoisotopic (exact) mass is 408 g/mol. The Morgan fingerprint density at radius 2 is 1.80 bits per heavy atom. The Morgan fingerprint density at radius 1 is 1.03 bits per heavy atom. The number of halogens is 1. The molecule has 1 aliphatic heterocycles. The normalized spacial score (nSPS) is 14.7. The second-order valence-electron chi connectivity index (χ2n) is 7.57. The minimum absolute atomic E-state index is 0.0989. The topological polar surface area (TPSA) is 45.9 Å². The zero-order valence-electron chi connectivity index (χ0n) is 17.0. The van der Waals surface area contributed by atoms with Crippen molar-refractivity contribution in [1.82, 2.24) is 9.80 Å². The van der Waals surface area contributed by atoms with Crippen molar-refractivity contribution in [3.63, 3.8) is 0 Å². The Balaban J connectivity index is 1.27. The zero-order chi connectivity index (χ0) is 20.9. The van der Waals surface area contributed by atoms with Crippen LogP contribution in [0.5, 0.6) is 5.75 Å². The smallest absolute Gasteiger partial charge is 0.289 e. The van der Waals surface area contributed by atoms with Gasteiger partial charge in [0, 0.05) is 32.7 Å². The van der Waals surface area contributed by atoms with Crippen molar-refractivity contribution < 1.29 is 18.3 Å². The predicted octanol–water partition coefficient (Wildman–Crippen LogP) is 4.26. The van der Waals surface area contributed by atoms with Gasteiger partial charge in [-0.3, -0.25) is 9.69 Å². The summed E-state index contributed by atoms with van der Waals surface area (Å²) < 4.78 is 24.2.